The van der Waals surface area contributed by atoms with Crippen LogP contribution in [0.15, 0.2) is 18.6 Å². The Labute approximate surface area is 214 Å². The fraction of sp³-hybridized carbons (Fsp3) is 0.692. The maximum Gasteiger partial charge on any atom is 0.270 e. The molecule has 10 nitrogen and oxygen atoms in total. The number of nitrogens with one attached hydrogen (secondary N) is 2. The average molecular weight is 500 g/mol. The lowest BCUT2D eigenvalue weighted by Crippen LogP contribution is -2.40. The van der Waals surface area contributed by atoms with Gasteiger partial charge in [-0.25, -0.2) is 9.97 Å². The molecule has 1 saturated carbocycles. The molecule has 5 rings (SSSR count). The zero-order chi connectivity index (χ0) is 25.2. The van der Waals surface area contributed by atoms with Gasteiger partial charge in [0.05, 0.1) is 19.1 Å². The number of likely N-dealkylation sites (N-methyl/N-ethyl adjacent to an activating group) is 1. The summed E-state index contributed by atoms with van der Waals surface area (Å²) in [5, 5.41) is 6.40. The monoisotopic (exact) mass is 499 g/mol. The first kappa shape index (κ1) is 26.5. The van der Waals surface area contributed by atoms with Crippen molar-refractivity contribution in [2.45, 2.75) is 51.0 Å². The molecule has 0 unspecified atom stereocenters. The minimum absolute atomic E-state index is 0.168. The molecule has 36 heavy (non-hydrogen) atoms. The van der Waals surface area contributed by atoms with E-state index in [4.69, 9.17) is 9.47 Å². The van der Waals surface area contributed by atoms with Crippen LogP contribution in [0.1, 0.15) is 55.4 Å². The molecule has 2 aromatic heterocycles. The number of carbonyl (C=O) groups excluding carboxylic acids is 1. The van der Waals surface area contributed by atoms with Gasteiger partial charge in [0, 0.05) is 58.5 Å². The van der Waals surface area contributed by atoms with Gasteiger partial charge in [-0.15, -0.1) is 0 Å². The molecule has 0 aromatic carbocycles. The minimum atomic E-state index is -0.168. The van der Waals surface area contributed by atoms with E-state index in [1.165, 1.54) is 19.5 Å². The van der Waals surface area contributed by atoms with Crippen LogP contribution in [0.2, 0.25) is 0 Å². The number of imidazole rings is 1. The third-order valence-corrected chi connectivity index (χ3v) is 7.07. The predicted molar refractivity (Wildman–Crippen MR) is 138 cm³/mol. The molecule has 2 aliphatic heterocycles. The van der Waals surface area contributed by atoms with Gasteiger partial charge in [-0.1, -0.05) is 19.3 Å². The van der Waals surface area contributed by atoms with Crippen molar-refractivity contribution in [2.24, 2.45) is 13.0 Å². The van der Waals surface area contributed by atoms with Crippen LogP contribution in [-0.4, -0.2) is 89.4 Å². The lowest BCUT2D eigenvalue weighted by molar-refractivity contribution is 0.0490. The Kier molecular flexibility index (Phi) is 10.1. The Bertz CT molecular complexity index is 949. The quantitative estimate of drug-likeness (QED) is 0.624. The van der Waals surface area contributed by atoms with Crippen molar-refractivity contribution in [1.82, 2.24) is 35.1 Å². The highest BCUT2D eigenvalue weighted by Crippen LogP contribution is 2.22. The van der Waals surface area contributed by atoms with E-state index in [1.807, 2.05) is 11.6 Å². The Morgan fingerprint density at radius 2 is 1.86 bits per heavy atom. The standard InChI is InChI=1S/C21H29N5O3.C5H12N2/c1-26-14-22-12-18(26)20-24-17(21(27)23-16-5-3-2-4-6-16)11-19(25-20)29-13-15-7-9-28-10-8-15;1-7-4-2-6-3-5-7/h11-12,14-16H,2-10,13H2,1H3,(H,23,27);6H,2-5H2,1H3. The molecule has 1 aliphatic carbocycles. The number of aromatic nitrogens is 4. The van der Waals surface area contributed by atoms with Crippen molar-refractivity contribution in [1.29, 1.82) is 0 Å². The summed E-state index contributed by atoms with van der Waals surface area (Å²) in [6.45, 7) is 6.85. The lowest BCUT2D eigenvalue weighted by Gasteiger charge is -2.23. The molecule has 0 radical (unpaired) electrons. The van der Waals surface area contributed by atoms with Crippen molar-refractivity contribution in [2.75, 3.05) is 53.0 Å². The number of piperazine rings is 1. The van der Waals surface area contributed by atoms with Crippen molar-refractivity contribution < 1.29 is 14.3 Å². The molecule has 10 heteroatoms. The molecule has 2 aromatic rings. The third-order valence-electron chi connectivity index (χ3n) is 7.07. The molecular formula is C26H41N7O3. The normalized spacial score (nSPS) is 19.8. The smallest absolute Gasteiger partial charge is 0.270 e. The summed E-state index contributed by atoms with van der Waals surface area (Å²) in [4.78, 5) is 28.4. The summed E-state index contributed by atoms with van der Waals surface area (Å²) in [6, 6.07) is 1.87. The van der Waals surface area contributed by atoms with Crippen LogP contribution in [-0.2, 0) is 11.8 Å². The topological polar surface area (TPSA) is 106 Å². The summed E-state index contributed by atoms with van der Waals surface area (Å²) in [5.41, 5.74) is 1.08. The number of hydrogen-bond donors (Lipinski definition) is 2. The van der Waals surface area contributed by atoms with Gasteiger partial charge in [0.2, 0.25) is 5.88 Å². The molecule has 0 spiro atoms. The number of ether oxygens (including phenoxy) is 2. The number of rotatable bonds is 6. The molecule has 0 atom stereocenters. The van der Waals surface area contributed by atoms with E-state index in [0.717, 1.165) is 70.5 Å². The van der Waals surface area contributed by atoms with Crippen LogP contribution >= 0.6 is 0 Å². The first-order valence-electron chi connectivity index (χ1n) is 13.3. The van der Waals surface area contributed by atoms with Crippen molar-refractivity contribution in [3.63, 3.8) is 0 Å². The highest BCUT2D eigenvalue weighted by Gasteiger charge is 2.21. The van der Waals surface area contributed by atoms with Gasteiger partial charge in [0.15, 0.2) is 5.82 Å². The SMILES string of the molecule is CN1CCNCC1.Cn1cncc1-c1nc(OCC2CCOCC2)cc(C(=O)NC2CCCCC2)n1. The van der Waals surface area contributed by atoms with Crippen LogP contribution in [0.4, 0.5) is 0 Å². The number of carbonyl (C=O) groups is 1. The van der Waals surface area contributed by atoms with E-state index < -0.39 is 0 Å². The van der Waals surface area contributed by atoms with Crippen LogP contribution < -0.4 is 15.4 Å². The van der Waals surface area contributed by atoms with Crippen LogP contribution in [0, 0.1) is 5.92 Å². The summed E-state index contributed by atoms with van der Waals surface area (Å²) >= 11 is 0. The second-order valence-corrected chi connectivity index (χ2v) is 10.0. The van der Waals surface area contributed by atoms with Crippen LogP contribution in [0.5, 0.6) is 5.88 Å². The van der Waals surface area contributed by atoms with Crippen molar-refractivity contribution >= 4 is 5.91 Å². The van der Waals surface area contributed by atoms with E-state index >= 15 is 0 Å². The molecule has 3 aliphatic rings. The van der Waals surface area contributed by atoms with Gasteiger partial charge in [-0.2, -0.15) is 4.98 Å². The van der Waals surface area contributed by atoms with Gasteiger partial charge in [-0.3, -0.25) is 4.79 Å². The van der Waals surface area contributed by atoms with Gasteiger partial charge in [0.25, 0.3) is 5.91 Å². The Balaban J connectivity index is 0.000000375. The van der Waals surface area contributed by atoms with E-state index in [1.54, 1.807) is 18.6 Å². The Hall–Kier alpha value is -2.56. The largest absolute Gasteiger partial charge is 0.477 e. The molecule has 1 amide bonds. The summed E-state index contributed by atoms with van der Waals surface area (Å²) < 4.78 is 13.2. The van der Waals surface area contributed by atoms with E-state index in [2.05, 4.69) is 37.5 Å². The third kappa shape index (κ3) is 7.97. The first-order valence-corrected chi connectivity index (χ1v) is 13.3. The summed E-state index contributed by atoms with van der Waals surface area (Å²) in [5.74, 6) is 1.15. The van der Waals surface area contributed by atoms with Crippen molar-refractivity contribution in [3.8, 4) is 17.4 Å². The predicted octanol–water partition coefficient (Wildman–Crippen LogP) is 2.27. The molecule has 4 heterocycles. The second kappa shape index (κ2) is 13.7. The van der Waals surface area contributed by atoms with Gasteiger partial charge in [-0.05, 0) is 38.6 Å². The first-order chi connectivity index (χ1) is 17.6. The second-order valence-electron chi connectivity index (χ2n) is 10.0. The van der Waals surface area contributed by atoms with Gasteiger partial charge < -0.3 is 29.6 Å². The molecule has 2 saturated heterocycles. The fourth-order valence-corrected chi connectivity index (χ4v) is 4.70. The van der Waals surface area contributed by atoms with Crippen molar-refractivity contribution in [3.05, 3.63) is 24.3 Å². The molecule has 198 valence electrons. The number of hydrogen-bond acceptors (Lipinski definition) is 8. The molecular weight excluding hydrogens is 458 g/mol. The van der Waals surface area contributed by atoms with Gasteiger partial charge in [0.1, 0.15) is 11.4 Å². The lowest BCUT2D eigenvalue weighted by atomic mass is 9.95. The maximum atomic E-state index is 12.9. The van der Waals surface area contributed by atoms with Gasteiger partial charge >= 0.3 is 0 Å². The summed E-state index contributed by atoms with van der Waals surface area (Å²) in [6.07, 6.45) is 11.0. The zero-order valence-electron chi connectivity index (χ0n) is 21.7. The number of nitrogens with zero attached hydrogens (tertiary/aromatic N) is 5. The maximum absolute atomic E-state index is 12.9. The fourth-order valence-electron chi connectivity index (χ4n) is 4.70. The number of aryl methyl sites for hydroxylation is 1. The Morgan fingerprint density at radius 3 is 2.50 bits per heavy atom. The number of amides is 1. The van der Waals surface area contributed by atoms with Crippen LogP contribution in [0.25, 0.3) is 11.5 Å². The molecule has 2 N–H and O–H groups in total. The minimum Gasteiger partial charge on any atom is -0.477 e. The average Bonchev–Trinajstić information content (AvgIpc) is 3.35. The highest BCUT2D eigenvalue weighted by atomic mass is 16.5. The zero-order valence-corrected chi connectivity index (χ0v) is 21.7. The summed E-state index contributed by atoms with van der Waals surface area (Å²) in [7, 11) is 4.03. The highest BCUT2D eigenvalue weighted by molar-refractivity contribution is 5.93. The van der Waals surface area contributed by atoms with E-state index in [0.29, 0.717) is 29.9 Å². The molecule has 3 fully saturated rings. The Morgan fingerprint density at radius 1 is 1.11 bits per heavy atom. The van der Waals surface area contributed by atoms with E-state index in [9.17, 15) is 4.79 Å². The molecule has 0 bridgehead atoms. The van der Waals surface area contributed by atoms with Crippen LogP contribution in [0.3, 0.4) is 0 Å². The van der Waals surface area contributed by atoms with E-state index in [-0.39, 0.29) is 11.9 Å².